The highest BCUT2D eigenvalue weighted by molar-refractivity contribution is 6.11. The van der Waals surface area contributed by atoms with Crippen LogP contribution in [0.1, 0.15) is 40.5 Å². The van der Waals surface area contributed by atoms with Crippen molar-refractivity contribution in [3.63, 3.8) is 0 Å². The molecule has 3 heteroatoms. The lowest BCUT2D eigenvalue weighted by Gasteiger charge is -2.24. The van der Waals surface area contributed by atoms with E-state index in [0.29, 0.717) is 11.6 Å². The Morgan fingerprint density at radius 1 is 1.26 bits per heavy atom. The van der Waals surface area contributed by atoms with Crippen molar-refractivity contribution in [2.45, 2.75) is 40.5 Å². The molecule has 3 aliphatic rings. The zero-order valence-electron chi connectivity index (χ0n) is 16.5. The molecular weight excluding hydrogens is 332 g/mol. The maximum Gasteiger partial charge on any atom is 0.189 e. The fourth-order valence-electron chi connectivity index (χ4n) is 3.71. The summed E-state index contributed by atoms with van der Waals surface area (Å²) in [5.41, 5.74) is 12.5. The molecule has 138 valence electrons. The SMILES string of the molecule is CCN1C2=CC=C(C(=O)C3=C(C)C=C=C=C3)CC2C/C1=C\C=C(/C)C(C)=N. The van der Waals surface area contributed by atoms with E-state index in [4.69, 9.17) is 5.41 Å². The minimum atomic E-state index is 0.101. The van der Waals surface area contributed by atoms with Crippen molar-refractivity contribution in [3.8, 4) is 0 Å². The average Bonchev–Trinajstić information content (AvgIpc) is 3.02. The van der Waals surface area contributed by atoms with E-state index in [1.165, 1.54) is 11.4 Å². The van der Waals surface area contributed by atoms with Gasteiger partial charge in [0, 0.05) is 40.7 Å². The molecule has 1 unspecified atom stereocenters. The second kappa shape index (κ2) is 7.80. The first-order valence-corrected chi connectivity index (χ1v) is 9.46. The van der Waals surface area contributed by atoms with E-state index in [0.717, 1.165) is 41.7 Å². The largest absolute Gasteiger partial charge is 0.349 e. The number of Topliss-reactive ketones (excluding diaryl/α,β-unsaturated/α-hetero) is 1. The van der Waals surface area contributed by atoms with E-state index in [2.05, 4.69) is 35.4 Å². The topological polar surface area (TPSA) is 44.2 Å². The van der Waals surface area contributed by atoms with Crippen LogP contribution in [0.2, 0.25) is 0 Å². The maximum atomic E-state index is 12.9. The highest BCUT2D eigenvalue weighted by Crippen LogP contribution is 2.42. The molecule has 27 heavy (non-hydrogen) atoms. The normalized spacial score (nSPS) is 23.0. The molecule has 0 aromatic heterocycles. The van der Waals surface area contributed by atoms with Gasteiger partial charge in [-0.05, 0) is 76.0 Å². The molecular formula is C24H26N2O. The number of hydrogen-bond donors (Lipinski definition) is 1. The molecule has 0 aromatic rings. The van der Waals surface area contributed by atoms with Crippen molar-refractivity contribution < 1.29 is 4.79 Å². The smallest absolute Gasteiger partial charge is 0.189 e. The first-order chi connectivity index (χ1) is 12.9. The highest BCUT2D eigenvalue weighted by Gasteiger charge is 2.34. The molecule has 3 nitrogen and oxygen atoms in total. The second-order valence-corrected chi connectivity index (χ2v) is 7.27. The third kappa shape index (κ3) is 3.80. The summed E-state index contributed by atoms with van der Waals surface area (Å²) in [4.78, 5) is 15.3. The summed E-state index contributed by atoms with van der Waals surface area (Å²) >= 11 is 0. The number of likely N-dealkylation sites (tertiary alicyclic amines) is 1. The van der Waals surface area contributed by atoms with Crippen molar-refractivity contribution in [1.29, 1.82) is 5.41 Å². The average molecular weight is 358 g/mol. The van der Waals surface area contributed by atoms with Crippen LogP contribution in [0.25, 0.3) is 0 Å². The van der Waals surface area contributed by atoms with E-state index in [1.54, 1.807) is 13.0 Å². The van der Waals surface area contributed by atoms with Crippen LogP contribution in [0.3, 0.4) is 0 Å². The van der Waals surface area contributed by atoms with Gasteiger partial charge in [-0.2, -0.15) is 0 Å². The summed E-state index contributed by atoms with van der Waals surface area (Å²) in [6.07, 6.45) is 13.5. The van der Waals surface area contributed by atoms with Gasteiger partial charge in [0.05, 0.1) is 0 Å². The van der Waals surface area contributed by atoms with E-state index >= 15 is 0 Å². The van der Waals surface area contributed by atoms with Crippen LogP contribution in [-0.4, -0.2) is 22.9 Å². The molecule has 1 heterocycles. The molecule has 1 aliphatic heterocycles. The number of rotatable bonds is 5. The van der Waals surface area contributed by atoms with Crippen LogP contribution >= 0.6 is 0 Å². The van der Waals surface area contributed by atoms with Crippen molar-refractivity contribution >= 4 is 11.5 Å². The number of nitrogens with zero attached hydrogens (tertiary/aromatic N) is 1. The number of carbonyl (C=O) groups is 1. The number of carbonyl (C=O) groups excluding carboxylic acids is 1. The summed E-state index contributed by atoms with van der Waals surface area (Å²) in [5, 5.41) is 7.73. The van der Waals surface area contributed by atoms with E-state index in [1.807, 2.05) is 32.1 Å². The Labute approximate surface area is 161 Å². The van der Waals surface area contributed by atoms with Crippen LogP contribution in [0.15, 0.2) is 81.6 Å². The van der Waals surface area contributed by atoms with Gasteiger partial charge in [0.15, 0.2) is 5.78 Å². The Hall–Kier alpha value is -2.86. The fourth-order valence-corrected chi connectivity index (χ4v) is 3.71. The number of ketones is 1. The van der Waals surface area contributed by atoms with Gasteiger partial charge < -0.3 is 10.3 Å². The van der Waals surface area contributed by atoms with Crippen LogP contribution in [0.4, 0.5) is 0 Å². The first-order valence-electron chi connectivity index (χ1n) is 9.46. The number of fused-ring (bicyclic) bond motifs is 1. The molecule has 0 aromatic carbocycles. The third-order valence-corrected chi connectivity index (χ3v) is 5.44. The summed E-state index contributed by atoms with van der Waals surface area (Å²) in [7, 11) is 0. The van der Waals surface area contributed by atoms with Crippen LogP contribution in [-0.2, 0) is 4.79 Å². The Morgan fingerprint density at radius 3 is 2.67 bits per heavy atom. The van der Waals surface area contributed by atoms with Gasteiger partial charge in [-0.1, -0.05) is 23.6 Å². The predicted octanol–water partition coefficient (Wildman–Crippen LogP) is 5.18. The number of hydrogen-bond acceptors (Lipinski definition) is 3. The van der Waals surface area contributed by atoms with E-state index in [9.17, 15) is 4.79 Å². The van der Waals surface area contributed by atoms with E-state index in [-0.39, 0.29) is 5.78 Å². The minimum absolute atomic E-state index is 0.101. The lowest BCUT2D eigenvalue weighted by Crippen LogP contribution is -2.20. The zero-order valence-corrected chi connectivity index (χ0v) is 16.5. The van der Waals surface area contributed by atoms with Gasteiger partial charge in [-0.25, -0.2) is 0 Å². The fraction of sp³-hybridized carbons (Fsp3) is 0.333. The minimum Gasteiger partial charge on any atom is -0.349 e. The van der Waals surface area contributed by atoms with Gasteiger partial charge in [0.1, 0.15) is 0 Å². The lowest BCUT2D eigenvalue weighted by atomic mass is 9.85. The van der Waals surface area contributed by atoms with Gasteiger partial charge in [-0.3, -0.25) is 4.79 Å². The molecule has 2 aliphatic carbocycles. The summed E-state index contributed by atoms with van der Waals surface area (Å²) in [6, 6.07) is 0. The van der Waals surface area contributed by atoms with Crippen molar-refractivity contribution in [3.05, 3.63) is 81.6 Å². The monoisotopic (exact) mass is 358 g/mol. The van der Waals surface area contributed by atoms with Crippen LogP contribution in [0.5, 0.6) is 0 Å². The van der Waals surface area contributed by atoms with Crippen molar-refractivity contribution in [2.75, 3.05) is 6.54 Å². The summed E-state index contributed by atoms with van der Waals surface area (Å²) in [6.45, 7) is 8.77. The molecule has 0 saturated carbocycles. The molecule has 0 bridgehead atoms. The second-order valence-electron chi connectivity index (χ2n) is 7.27. The maximum absolute atomic E-state index is 12.9. The van der Waals surface area contributed by atoms with Crippen molar-refractivity contribution in [2.24, 2.45) is 5.92 Å². The number of allylic oxidation sites excluding steroid dienone is 12. The molecule has 0 radical (unpaired) electrons. The Morgan fingerprint density at radius 2 is 2.00 bits per heavy atom. The lowest BCUT2D eigenvalue weighted by molar-refractivity contribution is -0.112. The van der Waals surface area contributed by atoms with Crippen LogP contribution < -0.4 is 0 Å². The molecule has 0 spiro atoms. The predicted molar refractivity (Wildman–Crippen MR) is 110 cm³/mol. The molecule has 1 fully saturated rings. The van der Waals surface area contributed by atoms with Gasteiger partial charge >= 0.3 is 0 Å². The summed E-state index contributed by atoms with van der Waals surface area (Å²) in [5.74, 6) is 0.443. The summed E-state index contributed by atoms with van der Waals surface area (Å²) < 4.78 is 0. The zero-order chi connectivity index (χ0) is 19.6. The first kappa shape index (κ1) is 18.9. The quantitative estimate of drug-likeness (QED) is 0.544. The molecule has 0 amide bonds. The Bertz CT molecular complexity index is 952. The van der Waals surface area contributed by atoms with Gasteiger partial charge in [0.2, 0.25) is 0 Å². The van der Waals surface area contributed by atoms with Gasteiger partial charge in [-0.15, -0.1) is 0 Å². The number of nitrogens with one attached hydrogen (secondary N) is 1. The highest BCUT2D eigenvalue weighted by atomic mass is 16.1. The molecule has 1 atom stereocenters. The third-order valence-electron chi connectivity index (χ3n) is 5.44. The van der Waals surface area contributed by atoms with Crippen molar-refractivity contribution in [1.82, 2.24) is 4.90 Å². The Kier molecular flexibility index (Phi) is 5.46. The van der Waals surface area contributed by atoms with E-state index < -0.39 is 0 Å². The van der Waals surface area contributed by atoms with Gasteiger partial charge in [0.25, 0.3) is 0 Å². The molecule has 1 saturated heterocycles. The molecule has 1 N–H and O–H groups in total. The molecule has 3 rings (SSSR count). The van der Waals surface area contributed by atoms with Crippen LogP contribution in [0, 0.1) is 11.3 Å². The standard InChI is InChI=1S/C24H26N2O/c1-5-26-21(12-10-16(2)18(4)25)15-20-14-19(11-13-23(20)26)24(27)22-9-7-6-8-17(22)3/h8-13,20,25H,5,14-15H2,1-4H3/b16-10+,21-12+,25-18?. The Balaban J connectivity index is 1.83.